The average molecular weight is 549 g/mol. The zero-order valence-electron chi connectivity index (χ0n) is 22.6. The molecule has 3 amide bonds. The summed E-state index contributed by atoms with van der Waals surface area (Å²) in [4.78, 5) is 58.9. The van der Waals surface area contributed by atoms with Gasteiger partial charge < -0.3 is 15.0 Å². The Hall–Kier alpha value is -4.76. The van der Waals surface area contributed by atoms with Gasteiger partial charge in [-0.15, -0.1) is 0 Å². The van der Waals surface area contributed by atoms with Crippen molar-refractivity contribution in [1.82, 2.24) is 10.3 Å². The number of ether oxygens (including phenoxy) is 1. The third-order valence-electron chi connectivity index (χ3n) is 8.62. The standard InChI is InChI=1S/C32H28N4O5/c1-3-41-30(39)18-9-11-20(12-10-18)36-28(37)26-25(15-19-16-33-23-7-5-4-6-21(19)23)35-32(27(26)29(36)38)22-14-17(2)8-13-24(22)34-31(32)40/h4-14,16,25-27,33,35H,3,15H2,1-2H3,(H,34,40)/t25-,26-,27+,32-/m1/s1. The molecule has 4 atom stereocenters. The lowest BCUT2D eigenvalue weighted by atomic mass is 9.76. The number of nitrogens with one attached hydrogen (secondary N) is 3. The Labute approximate surface area is 235 Å². The smallest absolute Gasteiger partial charge is 0.338 e. The van der Waals surface area contributed by atoms with Gasteiger partial charge >= 0.3 is 5.97 Å². The molecule has 3 N–H and O–H groups in total. The van der Waals surface area contributed by atoms with E-state index in [-0.39, 0.29) is 18.4 Å². The molecule has 0 aliphatic carbocycles. The molecule has 206 valence electrons. The molecule has 0 unspecified atom stereocenters. The van der Waals surface area contributed by atoms with Crippen LogP contribution in [0.5, 0.6) is 0 Å². The van der Waals surface area contributed by atoms with Gasteiger partial charge in [0.2, 0.25) is 17.7 Å². The van der Waals surface area contributed by atoms with E-state index in [1.807, 2.05) is 55.6 Å². The topological polar surface area (TPSA) is 121 Å². The maximum atomic E-state index is 14.3. The number of aryl methyl sites for hydroxylation is 1. The summed E-state index contributed by atoms with van der Waals surface area (Å²) in [6, 6.07) is 19.3. The first kappa shape index (κ1) is 25.2. The van der Waals surface area contributed by atoms with E-state index in [4.69, 9.17) is 4.74 Å². The van der Waals surface area contributed by atoms with Gasteiger partial charge in [-0.2, -0.15) is 0 Å². The number of H-pyrrole nitrogens is 1. The average Bonchev–Trinajstić information content (AvgIpc) is 3.68. The van der Waals surface area contributed by atoms with Gasteiger partial charge in [-0.3, -0.25) is 19.7 Å². The summed E-state index contributed by atoms with van der Waals surface area (Å²) in [6.45, 7) is 3.90. The predicted molar refractivity (Wildman–Crippen MR) is 152 cm³/mol. The number of fused-ring (bicyclic) bond motifs is 5. The van der Waals surface area contributed by atoms with Crippen LogP contribution in [0.25, 0.3) is 10.9 Å². The van der Waals surface area contributed by atoms with Crippen LogP contribution in [0.2, 0.25) is 0 Å². The van der Waals surface area contributed by atoms with E-state index in [9.17, 15) is 19.2 Å². The highest BCUT2D eigenvalue weighted by molar-refractivity contribution is 6.26. The second-order valence-corrected chi connectivity index (χ2v) is 10.9. The first-order chi connectivity index (χ1) is 19.8. The van der Waals surface area contributed by atoms with Gasteiger partial charge in [0.15, 0.2) is 0 Å². The van der Waals surface area contributed by atoms with Crippen LogP contribution >= 0.6 is 0 Å². The van der Waals surface area contributed by atoms with Crippen molar-refractivity contribution in [1.29, 1.82) is 0 Å². The quantitative estimate of drug-likeness (QED) is 0.258. The van der Waals surface area contributed by atoms with Crippen LogP contribution in [0.1, 0.15) is 34.0 Å². The molecule has 1 aromatic heterocycles. The van der Waals surface area contributed by atoms with Gasteiger partial charge in [0.1, 0.15) is 5.54 Å². The normalized spacial score (nSPS) is 24.7. The molecule has 2 fully saturated rings. The fourth-order valence-electron chi connectivity index (χ4n) is 6.84. The molecule has 41 heavy (non-hydrogen) atoms. The molecule has 9 heteroatoms. The Morgan fingerprint density at radius 3 is 2.56 bits per heavy atom. The van der Waals surface area contributed by atoms with Gasteiger partial charge in [-0.1, -0.05) is 35.9 Å². The number of carbonyl (C=O) groups excluding carboxylic acids is 4. The van der Waals surface area contributed by atoms with Crippen LogP contribution in [-0.2, 0) is 31.1 Å². The van der Waals surface area contributed by atoms with E-state index in [0.29, 0.717) is 28.9 Å². The number of rotatable bonds is 5. The number of carbonyl (C=O) groups is 4. The maximum Gasteiger partial charge on any atom is 0.338 e. The first-order valence-electron chi connectivity index (χ1n) is 13.7. The van der Waals surface area contributed by atoms with Gasteiger partial charge in [-0.25, -0.2) is 9.69 Å². The minimum Gasteiger partial charge on any atom is -0.462 e. The molecule has 0 saturated carbocycles. The van der Waals surface area contributed by atoms with Gasteiger partial charge in [0.05, 0.1) is 29.7 Å². The second-order valence-electron chi connectivity index (χ2n) is 10.9. The van der Waals surface area contributed by atoms with Crippen LogP contribution < -0.4 is 15.5 Å². The Bertz CT molecular complexity index is 1760. The van der Waals surface area contributed by atoms with Crippen molar-refractivity contribution in [2.24, 2.45) is 11.8 Å². The molecule has 9 nitrogen and oxygen atoms in total. The van der Waals surface area contributed by atoms with Gasteiger partial charge in [0, 0.05) is 34.4 Å². The molecule has 7 rings (SSSR count). The highest BCUT2D eigenvalue weighted by atomic mass is 16.5. The van der Waals surface area contributed by atoms with Gasteiger partial charge in [0.25, 0.3) is 0 Å². The summed E-state index contributed by atoms with van der Waals surface area (Å²) < 4.78 is 5.07. The van der Waals surface area contributed by atoms with E-state index in [1.54, 1.807) is 31.2 Å². The number of amides is 3. The SMILES string of the molecule is CCOC(=O)c1ccc(N2C(=O)[C@H]3[C@@H](C2=O)[C@@]2(N[C@@H]3Cc3c[nH]c4ccccc34)C(=O)Nc3ccc(C)cc32)cc1. The van der Waals surface area contributed by atoms with E-state index >= 15 is 0 Å². The van der Waals surface area contributed by atoms with Crippen LogP contribution in [0.15, 0.2) is 72.9 Å². The lowest BCUT2D eigenvalue weighted by Crippen LogP contribution is -2.53. The maximum absolute atomic E-state index is 14.3. The lowest BCUT2D eigenvalue weighted by Gasteiger charge is -2.29. The summed E-state index contributed by atoms with van der Waals surface area (Å²) >= 11 is 0. The summed E-state index contributed by atoms with van der Waals surface area (Å²) in [5.41, 5.74) is 3.52. The van der Waals surface area contributed by atoms with Crippen molar-refractivity contribution in [2.75, 3.05) is 16.8 Å². The number of hydrogen-bond donors (Lipinski definition) is 3. The van der Waals surface area contributed by atoms with Gasteiger partial charge in [-0.05, 0) is 62.2 Å². The van der Waals surface area contributed by atoms with Crippen molar-refractivity contribution in [3.8, 4) is 0 Å². The summed E-state index contributed by atoms with van der Waals surface area (Å²) in [6.07, 6.45) is 2.36. The molecule has 0 bridgehead atoms. The number of aromatic amines is 1. The minimum atomic E-state index is -1.39. The number of hydrogen-bond acceptors (Lipinski definition) is 6. The number of benzene rings is 3. The lowest BCUT2D eigenvalue weighted by molar-refractivity contribution is -0.130. The van der Waals surface area contributed by atoms with Crippen LogP contribution in [-0.4, -0.2) is 41.3 Å². The molecule has 2 saturated heterocycles. The minimum absolute atomic E-state index is 0.239. The third kappa shape index (κ3) is 3.58. The summed E-state index contributed by atoms with van der Waals surface area (Å²) in [5.74, 6) is -3.35. The fourth-order valence-corrected chi connectivity index (χ4v) is 6.84. The molecule has 3 aliphatic heterocycles. The van der Waals surface area contributed by atoms with E-state index in [1.165, 1.54) is 4.90 Å². The van der Waals surface area contributed by atoms with Crippen molar-refractivity contribution in [3.63, 3.8) is 0 Å². The first-order valence-corrected chi connectivity index (χ1v) is 13.7. The van der Waals surface area contributed by atoms with E-state index in [0.717, 1.165) is 22.0 Å². The number of imide groups is 1. The highest BCUT2D eigenvalue weighted by Crippen LogP contribution is 2.54. The Morgan fingerprint density at radius 1 is 1.00 bits per heavy atom. The number of esters is 1. The molecule has 3 aliphatic rings. The highest BCUT2D eigenvalue weighted by Gasteiger charge is 2.70. The van der Waals surface area contributed by atoms with E-state index < -0.39 is 35.3 Å². The summed E-state index contributed by atoms with van der Waals surface area (Å²) in [7, 11) is 0. The zero-order chi connectivity index (χ0) is 28.5. The number of para-hydroxylation sites is 1. The number of nitrogens with zero attached hydrogens (tertiary/aromatic N) is 1. The Balaban J connectivity index is 1.33. The second kappa shape index (κ2) is 9.14. The molecular weight excluding hydrogens is 520 g/mol. The molecular formula is C32H28N4O5. The van der Waals surface area contributed by atoms with Crippen LogP contribution in [0.3, 0.4) is 0 Å². The number of anilines is 2. The monoisotopic (exact) mass is 548 g/mol. The van der Waals surface area contributed by atoms with Crippen molar-refractivity contribution >= 4 is 46.0 Å². The third-order valence-corrected chi connectivity index (χ3v) is 8.62. The zero-order valence-corrected chi connectivity index (χ0v) is 22.6. The summed E-state index contributed by atoms with van der Waals surface area (Å²) in [5, 5.41) is 7.51. The van der Waals surface area contributed by atoms with Crippen LogP contribution in [0.4, 0.5) is 11.4 Å². The molecule has 0 radical (unpaired) electrons. The predicted octanol–water partition coefficient (Wildman–Crippen LogP) is 3.82. The van der Waals surface area contributed by atoms with E-state index in [2.05, 4.69) is 15.6 Å². The molecule has 3 aromatic carbocycles. The van der Waals surface area contributed by atoms with Crippen molar-refractivity contribution in [2.45, 2.75) is 31.8 Å². The largest absolute Gasteiger partial charge is 0.462 e. The number of aromatic nitrogens is 1. The molecule has 1 spiro atoms. The molecule has 4 heterocycles. The fraction of sp³-hybridized carbons (Fsp3) is 0.250. The Morgan fingerprint density at radius 2 is 1.78 bits per heavy atom. The van der Waals surface area contributed by atoms with Crippen LogP contribution in [0, 0.1) is 18.8 Å². The van der Waals surface area contributed by atoms with Crippen molar-refractivity contribution in [3.05, 3.63) is 95.2 Å². The van der Waals surface area contributed by atoms with Crippen molar-refractivity contribution < 1.29 is 23.9 Å². The molecule has 4 aromatic rings. The Kier molecular flexibility index (Phi) is 5.62.